The van der Waals surface area contributed by atoms with Crippen LogP contribution in [-0.4, -0.2) is 12.2 Å². The van der Waals surface area contributed by atoms with E-state index in [4.69, 9.17) is 9.15 Å². The van der Waals surface area contributed by atoms with Crippen LogP contribution in [0, 0.1) is 0 Å². The first-order chi connectivity index (χ1) is 11.4. The Morgan fingerprint density at radius 3 is 2.67 bits per heavy atom. The first kappa shape index (κ1) is 17.9. The minimum absolute atomic E-state index is 0.0164. The van der Waals surface area contributed by atoms with E-state index in [2.05, 4.69) is 19.9 Å². The maximum Gasteiger partial charge on any atom is 0.343 e. The van der Waals surface area contributed by atoms with Crippen LogP contribution in [0.3, 0.4) is 0 Å². The molecule has 0 bridgehead atoms. The van der Waals surface area contributed by atoms with Gasteiger partial charge in [-0.05, 0) is 45.7 Å². The van der Waals surface area contributed by atoms with E-state index in [0.29, 0.717) is 23.1 Å². The summed E-state index contributed by atoms with van der Waals surface area (Å²) in [5.74, 6) is 0.560. The Morgan fingerprint density at radius 1 is 1.25 bits per heavy atom. The molecule has 0 fully saturated rings. The van der Waals surface area contributed by atoms with Gasteiger partial charge >= 0.3 is 5.63 Å². The van der Waals surface area contributed by atoms with Crippen LogP contribution in [0.1, 0.15) is 39.2 Å². The molecule has 1 heterocycles. The van der Waals surface area contributed by atoms with E-state index in [0.717, 1.165) is 12.8 Å². The second-order valence-electron chi connectivity index (χ2n) is 6.15. The highest BCUT2D eigenvalue weighted by Crippen LogP contribution is 2.29. The van der Waals surface area contributed by atoms with Crippen molar-refractivity contribution < 1.29 is 14.3 Å². The molecule has 0 aliphatic rings. The van der Waals surface area contributed by atoms with Crippen molar-refractivity contribution in [1.82, 2.24) is 0 Å². The maximum atomic E-state index is 12.2. The predicted molar refractivity (Wildman–Crippen MR) is 96.8 cm³/mol. The van der Waals surface area contributed by atoms with Crippen molar-refractivity contribution >= 4 is 11.0 Å². The number of fused-ring (bicyclic) bond motifs is 1. The molecule has 24 heavy (non-hydrogen) atoms. The van der Waals surface area contributed by atoms with Gasteiger partial charge in [-0.1, -0.05) is 23.3 Å². The topological polar surface area (TPSA) is 59.7 Å². The first-order valence-corrected chi connectivity index (χ1v) is 8.04. The molecule has 0 atom stereocenters. The van der Waals surface area contributed by atoms with E-state index in [9.17, 15) is 9.90 Å². The van der Waals surface area contributed by atoms with Gasteiger partial charge in [-0.3, -0.25) is 0 Å². The van der Waals surface area contributed by atoms with Gasteiger partial charge in [0.25, 0.3) is 0 Å². The molecule has 1 aromatic heterocycles. The Kier molecular flexibility index (Phi) is 5.85. The van der Waals surface area contributed by atoms with Gasteiger partial charge in [0.1, 0.15) is 17.1 Å². The minimum atomic E-state index is -0.512. The summed E-state index contributed by atoms with van der Waals surface area (Å²) in [5.41, 5.74) is 2.58. The van der Waals surface area contributed by atoms with Crippen LogP contribution in [-0.2, 0) is 6.42 Å². The Hall–Kier alpha value is -2.49. The van der Waals surface area contributed by atoms with Gasteiger partial charge in [0, 0.05) is 12.5 Å². The summed E-state index contributed by atoms with van der Waals surface area (Å²) in [6.45, 7) is 6.18. The van der Waals surface area contributed by atoms with Crippen molar-refractivity contribution in [3.63, 3.8) is 0 Å². The van der Waals surface area contributed by atoms with E-state index in [1.54, 1.807) is 18.2 Å². The van der Waals surface area contributed by atoms with Crippen molar-refractivity contribution in [2.75, 3.05) is 7.11 Å². The second kappa shape index (κ2) is 7.86. The fourth-order valence-electron chi connectivity index (χ4n) is 2.48. The molecule has 4 nitrogen and oxygen atoms in total. The van der Waals surface area contributed by atoms with Gasteiger partial charge in [-0.15, -0.1) is 0 Å². The number of aromatic hydroxyl groups is 1. The summed E-state index contributed by atoms with van der Waals surface area (Å²) >= 11 is 0. The molecule has 2 aromatic rings. The third-order valence-electron chi connectivity index (χ3n) is 3.92. The quantitative estimate of drug-likeness (QED) is 0.614. The molecule has 4 heteroatoms. The zero-order chi connectivity index (χ0) is 17.7. The van der Waals surface area contributed by atoms with E-state index < -0.39 is 5.63 Å². The SMILES string of the molecule is COc1ccc2c(O)c(C/C=C(\C)CCC=C(C)C)c(=O)oc2c1. The highest BCUT2D eigenvalue weighted by molar-refractivity contribution is 5.85. The van der Waals surface area contributed by atoms with Crippen LogP contribution in [0.15, 0.2) is 50.7 Å². The average Bonchev–Trinajstić information content (AvgIpc) is 2.53. The van der Waals surface area contributed by atoms with Crippen LogP contribution >= 0.6 is 0 Å². The standard InChI is InChI=1S/C20H24O4/c1-13(2)6-5-7-14(3)8-10-17-19(21)16-11-9-15(23-4)12-18(16)24-20(17)22/h6,8-9,11-12,21H,5,7,10H2,1-4H3/b14-8+. The summed E-state index contributed by atoms with van der Waals surface area (Å²) in [6.07, 6.45) is 6.42. The largest absolute Gasteiger partial charge is 0.507 e. The van der Waals surface area contributed by atoms with E-state index in [-0.39, 0.29) is 11.3 Å². The molecule has 0 saturated heterocycles. The number of allylic oxidation sites excluding steroid dienone is 4. The van der Waals surface area contributed by atoms with Crippen LogP contribution in [0.2, 0.25) is 0 Å². The third-order valence-corrected chi connectivity index (χ3v) is 3.92. The van der Waals surface area contributed by atoms with E-state index in [1.807, 2.05) is 13.0 Å². The highest BCUT2D eigenvalue weighted by Gasteiger charge is 2.13. The number of ether oxygens (including phenoxy) is 1. The lowest BCUT2D eigenvalue weighted by molar-refractivity contribution is 0.413. The molecule has 0 spiro atoms. The molecular weight excluding hydrogens is 304 g/mol. The predicted octanol–water partition coefficient (Wildman–Crippen LogP) is 4.74. The van der Waals surface area contributed by atoms with E-state index in [1.165, 1.54) is 18.3 Å². The van der Waals surface area contributed by atoms with Crippen LogP contribution < -0.4 is 10.4 Å². The van der Waals surface area contributed by atoms with Gasteiger partial charge in [0.15, 0.2) is 0 Å². The zero-order valence-corrected chi connectivity index (χ0v) is 14.7. The van der Waals surface area contributed by atoms with Crippen LogP contribution in [0.5, 0.6) is 11.5 Å². The first-order valence-electron chi connectivity index (χ1n) is 8.04. The lowest BCUT2D eigenvalue weighted by Gasteiger charge is -2.07. The smallest absolute Gasteiger partial charge is 0.343 e. The van der Waals surface area contributed by atoms with Gasteiger partial charge in [0.05, 0.1) is 18.1 Å². The fraction of sp³-hybridized carbons (Fsp3) is 0.350. The Morgan fingerprint density at radius 2 is 2.00 bits per heavy atom. The molecule has 0 unspecified atom stereocenters. The maximum absolute atomic E-state index is 12.2. The second-order valence-corrected chi connectivity index (χ2v) is 6.15. The zero-order valence-electron chi connectivity index (χ0n) is 14.7. The molecule has 1 N–H and O–H groups in total. The monoisotopic (exact) mass is 328 g/mol. The summed E-state index contributed by atoms with van der Waals surface area (Å²) < 4.78 is 10.4. The summed E-state index contributed by atoms with van der Waals surface area (Å²) in [4.78, 5) is 12.2. The van der Waals surface area contributed by atoms with Crippen LogP contribution in [0.4, 0.5) is 0 Å². The molecule has 0 radical (unpaired) electrons. The number of hydrogen-bond acceptors (Lipinski definition) is 4. The lowest BCUT2D eigenvalue weighted by atomic mass is 10.1. The normalized spacial score (nSPS) is 11.6. The van der Waals surface area contributed by atoms with Crippen molar-refractivity contribution in [3.05, 3.63) is 57.5 Å². The van der Waals surface area contributed by atoms with Crippen molar-refractivity contribution in [3.8, 4) is 11.5 Å². The summed E-state index contributed by atoms with van der Waals surface area (Å²) in [7, 11) is 1.54. The Bertz CT molecular complexity index is 837. The van der Waals surface area contributed by atoms with E-state index >= 15 is 0 Å². The number of benzene rings is 1. The molecule has 128 valence electrons. The number of rotatable bonds is 6. The van der Waals surface area contributed by atoms with Crippen molar-refractivity contribution in [1.29, 1.82) is 0 Å². The number of hydrogen-bond donors (Lipinski definition) is 1. The molecule has 0 aliphatic heterocycles. The van der Waals surface area contributed by atoms with Crippen LogP contribution in [0.25, 0.3) is 11.0 Å². The van der Waals surface area contributed by atoms with Gasteiger partial charge in [-0.25, -0.2) is 4.79 Å². The molecule has 0 amide bonds. The van der Waals surface area contributed by atoms with Gasteiger partial charge in [-0.2, -0.15) is 0 Å². The van der Waals surface area contributed by atoms with Gasteiger partial charge in [0.2, 0.25) is 0 Å². The third kappa shape index (κ3) is 4.28. The molecule has 0 aliphatic carbocycles. The summed E-state index contributed by atoms with van der Waals surface area (Å²) in [5, 5.41) is 10.9. The Balaban J connectivity index is 2.26. The Labute approximate surface area is 142 Å². The van der Waals surface area contributed by atoms with Crippen molar-refractivity contribution in [2.24, 2.45) is 0 Å². The lowest BCUT2D eigenvalue weighted by Crippen LogP contribution is -2.07. The number of methoxy groups -OCH3 is 1. The average molecular weight is 328 g/mol. The van der Waals surface area contributed by atoms with Crippen molar-refractivity contribution in [2.45, 2.75) is 40.0 Å². The molecule has 1 aromatic carbocycles. The highest BCUT2D eigenvalue weighted by atomic mass is 16.5. The molecular formula is C20H24O4. The minimum Gasteiger partial charge on any atom is -0.507 e. The summed E-state index contributed by atoms with van der Waals surface area (Å²) in [6, 6.07) is 5.02. The fourth-order valence-corrected chi connectivity index (χ4v) is 2.48. The van der Waals surface area contributed by atoms with Gasteiger partial charge < -0.3 is 14.3 Å². The molecule has 2 rings (SSSR count). The molecule has 0 saturated carbocycles.